The highest BCUT2D eigenvalue weighted by molar-refractivity contribution is 7.84. The van der Waals surface area contributed by atoms with Crippen molar-refractivity contribution in [1.82, 2.24) is 0 Å². The first-order valence-corrected chi connectivity index (χ1v) is 9.92. The highest BCUT2D eigenvalue weighted by atomic mass is 32.2. The van der Waals surface area contributed by atoms with Crippen molar-refractivity contribution in [3.63, 3.8) is 0 Å². The van der Waals surface area contributed by atoms with Crippen LogP contribution in [-0.2, 0) is 10.0 Å². The largest absolute Gasteiger partial charge is 0.507 e. The van der Waals surface area contributed by atoms with E-state index in [1.54, 1.807) is 56.3 Å². The van der Waals surface area contributed by atoms with E-state index in [0.717, 1.165) is 0 Å². The number of hydrogen-bond acceptors (Lipinski definition) is 3. The first-order chi connectivity index (χ1) is 12.9. The van der Waals surface area contributed by atoms with Crippen molar-refractivity contribution in [2.45, 2.75) is 18.7 Å². The molecule has 138 valence electrons. The number of aryl methyl sites for hydroxylation is 2. The topological polar surface area (TPSA) is 80.4 Å². The highest BCUT2D eigenvalue weighted by Gasteiger charge is 2.20. The monoisotopic (exact) mass is 381 g/mol. The molecule has 0 radical (unpaired) electrons. The molecule has 0 bridgehead atoms. The quantitative estimate of drug-likeness (QED) is 0.368. The molecule has 3 N–H and O–H groups in total. The summed E-state index contributed by atoms with van der Waals surface area (Å²) in [6, 6.07) is 20.9. The summed E-state index contributed by atoms with van der Waals surface area (Å²) >= 11 is 0. The smallest absolute Gasteiger partial charge is 0.328 e. The van der Waals surface area contributed by atoms with Gasteiger partial charge in [-0.3, -0.25) is 0 Å². The number of aromatic hydroxyl groups is 1. The molecule has 6 heteroatoms. The summed E-state index contributed by atoms with van der Waals surface area (Å²) in [4.78, 5) is 0.179. The van der Waals surface area contributed by atoms with Gasteiger partial charge in [0, 0.05) is 0 Å². The zero-order valence-electron chi connectivity index (χ0n) is 15.1. The molecule has 0 saturated heterocycles. The fourth-order valence-corrected chi connectivity index (χ4v) is 3.80. The summed E-state index contributed by atoms with van der Waals surface area (Å²) in [5, 5.41) is 13.1. The van der Waals surface area contributed by atoms with E-state index in [2.05, 4.69) is 9.71 Å². The van der Waals surface area contributed by atoms with Crippen molar-refractivity contribution in [3.05, 3.63) is 89.5 Å². The lowest BCUT2D eigenvalue weighted by Crippen LogP contribution is -2.78. The molecule has 0 saturated carbocycles. The van der Waals surface area contributed by atoms with Crippen molar-refractivity contribution in [2.75, 3.05) is 5.32 Å². The van der Waals surface area contributed by atoms with Crippen LogP contribution >= 0.6 is 0 Å². The van der Waals surface area contributed by atoms with Crippen molar-refractivity contribution in [1.29, 1.82) is 0 Å². The SMILES string of the molecule is Cc1cc(NC(=[NH+]S(=O)(=O)c2ccccc2)c2ccccc2)cc(C)c1O. The van der Waals surface area contributed by atoms with Gasteiger partial charge < -0.3 is 5.11 Å². The predicted molar refractivity (Wildman–Crippen MR) is 106 cm³/mol. The Morgan fingerprint density at radius 2 is 1.41 bits per heavy atom. The molecule has 0 amide bonds. The Kier molecular flexibility index (Phi) is 5.28. The molecule has 5 nitrogen and oxygen atoms in total. The Balaban J connectivity index is 2.08. The second kappa shape index (κ2) is 7.63. The third-order valence-electron chi connectivity index (χ3n) is 4.11. The van der Waals surface area contributed by atoms with Crippen LogP contribution in [0, 0.1) is 13.8 Å². The van der Waals surface area contributed by atoms with Gasteiger partial charge in [-0.25, -0.2) is 5.32 Å². The van der Waals surface area contributed by atoms with Crippen LogP contribution < -0.4 is 9.71 Å². The van der Waals surface area contributed by atoms with Gasteiger partial charge in [0.15, 0.2) is 0 Å². The predicted octanol–water partition coefficient (Wildman–Crippen LogP) is 2.34. The molecule has 0 aliphatic rings. The molecule has 0 unspecified atom stereocenters. The van der Waals surface area contributed by atoms with Gasteiger partial charge in [0.05, 0.1) is 5.56 Å². The van der Waals surface area contributed by atoms with Crippen LogP contribution in [0.15, 0.2) is 77.7 Å². The summed E-state index contributed by atoms with van der Waals surface area (Å²) in [5.41, 5.74) is 2.78. The van der Waals surface area contributed by atoms with Crippen LogP contribution in [0.4, 0.5) is 5.69 Å². The molecule has 0 fully saturated rings. The lowest BCUT2D eigenvalue weighted by atomic mass is 10.1. The zero-order chi connectivity index (χ0) is 19.4. The van der Waals surface area contributed by atoms with Gasteiger partial charge in [-0.1, -0.05) is 36.4 Å². The molecule has 3 aromatic rings. The molecule has 0 aliphatic carbocycles. The molecule has 27 heavy (non-hydrogen) atoms. The number of phenols is 1. The maximum absolute atomic E-state index is 12.8. The molecule has 3 rings (SSSR count). The third kappa shape index (κ3) is 4.35. The Bertz CT molecular complexity index is 1050. The molecule has 0 atom stereocenters. The number of anilines is 1. The lowest BCUT2D eigenvalue weighted by molar-refractivity contribution is -0.266. The van der Waals surface area contributed by atoms with E-state index in [0.29, 0.717) is 28.2 Å². The fourth-order valence-electron chi connectivity index (χ4n) is 2.73. The number of benzene rings is 3. The van der Waals surface area contributed by atoms with Gasteiger partial charge in [-0.2, -0.15) is 12.8 Å². The van der Waals surface area contributed by atoms with Crippen LogP contribution in [0.25, 0.3) is 0 Å². The molecular weight excluding hydrogens is 360 g/mol. The van der Waals surface area contributed by atoms with Crippen LogP contribution in [0.3, 0.4) is 0 Å². The van der Waals surface area contributed by atoms with Crippen LogP contribution in [0.1, 0.15) is 16.7 Å². The minimum Gasteiger partial charge on any atom is -0.507 e. The van der Waals surface area contributed by atoms with E-state index in [1.165, 1.54) is 0 Å². The number of phenolic OH excluding ortho intramolecular Hbond substituents is 1. The minimum absolute atomic E-state index is 0.179. The van der Waals surface area contributed by atoms with E-state index in [-0.39, 0.29) is 10.6 Å². The number of hydrogen-bond donors (Lipinski definition) is 3. The van der Waals surface area contributed by atoms with E-state index in [4.69, 9.17) is 0 Å². The Labute approximate surface area is 159 Å². The minimum atomic E-state index is -3.76. The second-order valence-corrected chi connectivity index (χ2v) is 7.93. The van der Waals surface area contributed by atoms with E-state index < -0.39 is 10.0 Å². The molecule has 0 aliphatic heterocycles. The van der Waals surface area contributed by atoms with Gasteiger partial charge in [-0.15, -0.1) is 0 Å². The third-order valence-corrected chi connectivity index (χ3v) is 5.48. The van der Waals surface area contributed by atoms with Gasteiger partial charge in [0.25, 0.3) is 5.84 Å². The Morgan fingerprint density at radius 3 is 1.96 bits per heavy atom. The van der Waals surface area contributed by atoms with Crippen molar-refractivity contribution < 1.29 is 17.9 Å². The van der Waals surface area contributed by atoms with Gasteiger partial charge in [-0.05, 0) is 61.4 Å². The van der Waals surface area contributed by atoms with Crippen LogP contribution in [-0.4, -0.2) is 19.4 Å². The van der Waals surface area contributed by atoms with Crippen LogP contribution in [0.2, 0.25) is 0 Å². The van der Waals surface area contributed by atoms with E-state index in [1.807, 2.05) is 30.3 Å². The number of sulfonamides is 1. The zero-order valence-corrected chi connectivity index (χ0v) is 15.9. The second-order valence-electron chi connectivity index (χ2n) is 6.24. The highest BCUT2D eigenvalue weighted by Crippen LogP contribution is 2.25. The summed E-state index contributed by atoms with van der Waals surface area (Å²) in [5.74, 6) is 0.565. The first kappa shape index (κ1) is 18.7. The maximum Gasteiger partial charge on any atom is 0.328 e. The summed E-state index contributed by atoms with van der Waals surface area (Å²) in [7, 11) is -3.76. The first-order valence-electron chi connectivity index (χ1n) is 8.44. The van der Waals surface area contributed by atoms with Crippen molar-refractivity contribution >= 4 is 21.5 Å². The molecular formula is C21H21N2O3S+. The molecule has 0 heterocycles. The normalized spacial score (nSPS) is 12.0. The van der Waals surface area contributed by atoms with Gasteiger partial charge in [0.1, 0.15) is 16.3 Å². The molecule has 3 aromatic carbocycles. The van der Waals surface area contributed by atoms with Gasteiger partial charge in [0.2, 0.25) is 0 Å². The number of amidine groups is 1. The van der Waals surface area contributed by atoms with Crippen molar-refractivity contribution in [3.8, 4) is 5.75 Å². The van der Waals surface area contributed by atoms with Gasteiger partial charge >= 0.3 is 10.0 Å². The van der Waals surface area contributed by atoms with E-state index >= 15 is 0 Å². The standard InChI is InChI=1S/C21H20N2O3S/c1-15-13-18(14-16(2)20(15)24)22-21(17-9-5-3-6-10-17)23-27(25,26)19-11-7-4-8-12-19/h3-14,24H,1-2H3,(H,22,23)/p+1. The summed E-state index contributed by atoms with van der Waals surface area (Å²) < 4.78 is 28.2. The summed E-state index contributed by atoms with van der Waals surface area (Å²) in [6.45, 7) is 3.59. The Morgan fingerprint density at radius 1 is 0.889 bits per heavy atom. The average molecular weight is 381 g/mol. The lowest BCUT2D eigenvalue weighted by Gasteiger charge is -2.08. The fraction of sp³-hybridized carbons (Fsp3) is 0.0952. The van der Waals surface area contributed by atoms with Crippen LogP contribution in [0.5, 0.6) is 5.75 Å². The summed E-state index contributed by atoms with van der Waals surface area (Å²) in [6.07, 6.45) is 0. The molecule has 0 aromatic heterocycles. The molecule has 0 spiro atoms. The number of rotatable bonds is 4. The van der Waals surface area contributed by atoms with Crippen molar-refractivity contribution in [2.24, 2.45) is 0 Å². The number of nitrogens with one attached hydrogen (secondary N) is 2. The average Bonchev–Trinajstić information content (AvgIpc) is 2.67. The maximum atomic E-state index is 12.8. The van der Waals surface area contributed by atoms with E-state index in [9.17, 15) is 13.5 Å². The Hall–Kier alpha value is -3.12.